The van der Waals surface area contributed by atoms with E-state index in [4.69, 9.17) is 4.52 Å². The second-order valence-corrected chi connectivity index (χ2v) is 5.65. The Balaban J connectivity index is 1.57. The third-order valence-electron chi connectivity index (χ3n) is 3.74. The highest BCUT2D eigenvalue weighted by Gasteiger charge is 2.09. The molecule has 3 aromatic rings. The number of hydrogen-bond donors (Lipinski definition) is 2. The fourth-order valence-electron chi connectivity index (χ4n) is 2.33. The van der Waals surface area contributed by atoms with E-state index in [9.17, 15) is 4.79 Å². The van der Waals surface area contributed by atoms with Crippen LogP contribution in [0.15, 0.2) is 53.3 Å². The fourth-order valence-corrected chi connectivity index (χ4v) is 2.33. The van der Waals surface area contributed by atoms with Gasteiger partial charge < -0.3 is 15.2 Å². The van der Waals surface area contributed by atoms with E-state index >= 15 is 0 Å². The Morgan fingerprint density at radius 3 is 2.52 bits per heavy atom. The van der Waals surface area contributed by atoms with Gasteiger partial charge in [0, 0.05) is 29.7 Å². The van der Waals surface area contributed by atoms with Crippen molar-refractivity contribution in [3.63, 3.8) is 0 Å². The van der Waals surface area contributed by atoms with Crippen molar-refractivity contribution in [2.24, 2.45) is 0 Å². The highest BCUT2D eigenvalue weighted by molar-refractivity contribution is 6.04. The number of hydrogen-bond acceptors (Lipinski definition) is 6. The molecule has 0 spiro atoms. The molecule has 0 saturated heterocycles. The summed E-state index contributed by atoms with van der Waals surface area (Å²) in [4.78, 5) is 20.2. The summed E-state index contributed by atoms with van der Waals surface area (Å²) in [6, 6.07) is 11.2. The number of carbonyl (C=O) groups is 1. The van der Waals surface area contributed by atoms with E-state index < -0.39 is 0 Å². The van der Waals surface area contributed by atoms with Crippen molar-refractivity contribution in [1.29, 1.82) is 0 Å². The molecule has 7 heteroatoms. The third-order valence-corrected chi connectivity index (χ3v) is 3.74. The molecule has 7 nitrogen and oxygen atoms in total. The second-order valence-electron chi connectivity index (χ2n) is 5.65. The molecule has 25 heavy (non-hydrogen) atoms. The summed E-state index contributed by atoms with van der Waals surface area (Å²) in [5, 5.41) is 9.95. The smallest absolute Gasteiger partial charge is 0.255 e. The highest BCUT2D eigenvalue weighted by Crippen LogP contribution is 2.17. The first-order valence-electron chi connectivity index (χ1n) is 7.96. The molecule has 1 aromatic carbocycles. The van der Waals surface area contributed by atoms with Crippen molar-refractivity contribution in [2.75, 3.05) is 5.32 Å². The Hall–Kier alpha value is -3.06. The van der Waals surface area contributed by atoms with Crippen LogP contribution in [-0.2, 0) is 6.54 Å². The zero-order chi connectivity index (χ0) is 17.6. The van der Waals surface area contributed by atoms with Crippen LogP contribution in [0.1, 0.15) is 40.6 Å². The standard InChI is InChI=1S/C18H19N5O2/c1-12(20-11-17-21-13(2)23-25-17)14-3-5-16(6-4-14)22-18(24)15-7-9-19-10-8-15/h3-10,12,20H,11H2,1-2H3,(H,22,24)/t12-/m0/s1. The van der Waals surface area contributed by atoms with Gasteiger partial charge in [0.25, 0.3) is 5.91 Å². The minimum Gasteiger partial charge on any atom is -0.338 e. The highest BCUT2D eigenvalue weighted by atomic mass is 16.5. The molecule has 0 saturated carbocycles. The quantitative estimate of drug-likeness (QED) is 0.718. The number of anilines is 1. The lowest BCUT2D eigenvalue weighted by Crippen LogP contribution is -2.18. The number of rotatable bonds is 6. The first-order chi connectivity index (χ1) is 12.1. The number of benzene rings is 1. The normalized spacial score (nSPS) is 11.9. The van der Waals surface area contributed by atoms with Crippen LogP contribution in [0.5, 0.6) is 0 Å². The van der Waals surface area contributed by atoms with E-state index in [2.05, 4.69) is 25.8 Å². The van der Waals surface area contributed by atoms with E-state index in [0.29, 0.717) is 23.8 Å². The van der Waals surface area contributed by atoms with Crippen LogP contribution in [0, 0.1) is 6.92 Å². The predicted octanol–water partition coefficient (Wildman–Crippen LogP) is 2.88. The van der Waals surface area contributed by atoms with Gasteiger partial charge in [0.2, 0.25) is 5.89 Å². The molecule has 1 amide bonds. The molecule has 0 radical (unpaired) electrons. The summed E-state index contributed by atoms with van der Waals surface area (Å²) in [5.74, 6) is 1.03. The van der Waals surface area contributed by atoms with Crippen molar-refractivity contribution < 1.29 is 9.32 Å². The molecule has 2 aromatic heterocycles. The Morgan fingerprint density at radius 2 is 1.88 bits per heavy atom. The molecule has 0 aliphatic rings. The Morgan fingerprint density at radius 1 is 1.16 bits per heavy atom. The number of nitrogens with zero attached hydrogens (tertiary/aromatic N) is 3. The largest absolute Gasteiger partial charge is 0.338 e. The van der Waals surface area contributed by atoms with Gasteiger partial charge in [-0.1, -0.05) is 17.3 Å². The number of aromatic nitrogens is 3. The third kappa shape index (κ3) is 4.48. The van der Waals surface area contributed by atoms with Gasteiger partial charge in [-0.05, 0) is 43.7 Å². The van der Waals surface area contributed by atoms with E-state index in [0.717, 1.165) is 11.3 Å². The van der Waals surface area contributed by atoms with Crippen LogP contribution in [0.4, 0.5) is 5.69 Å². The maximum absolute atomic E-state index is 12.1. The number of nitrogens with one attached hydrogen (secondary N) is 2. The van der Waals surface area contributed by atoms with Crippen LogP contribution in [0.25, 0.3) is 0 Å². The molecule has 1 atom stereocenters. The first kappa shape index (κ1) is 16.8. The SMILES string of the molecule is Cc1noc(CN[C@@H](C)c2ccc(NC(=O)c3ccncc3)cc2)n1. The van der Waals surface area contributed by atoms with Gasteiger partial charge in [0.05, 0.1) is 6.54 Å². The summed E-state index contributed by atoms with van der Waals surface area (Å²) in [6.07, 6.45) is 3.19. The summed E-state index contributed by atoms with van der Waals surface area (Å²) in [7, 11) is 0. The van der Waals surface area contributed by atoms with Crippen molar-refractivity contribution in [3.8, 4) is 0 Å². The van der Waals surface area contributed by atoms with Crippen molar-refractivity contribution in [1.82, 2.24) is 20.4 Å². The Labute approximate surface area is 145 Å². The monoisotopic (exact) mass is 337 g/mol. The van der Waals surface area contributed by atoms with Crippen LogP contribution >= 0.6 is 0 Å². The van der Waals surface area contributed by atoms with E-state index in [1.54, 1.807) is 31.5 Å². The Kier molecular flexibility index (Phi) is 5.15. The topological polar surface area (TPSA) is 92.9 Å². The molecule has 3 rings (SSSR count). The summed E-state index contributed by atoms with van der Waals surface area (Å²) < 4.78 is 5.08. The lowest BCUT2D eigenvalue weighted by molar-refractivity contribution is 0.102. The average molecular weight is 337 g/mol. The van der Waals surface area contributed by atoms with Crippen LogP contribution in [0.3, 0.4) is 0 Å². The van der Waals surface area contributed by atoms with Crippen molar-refractivity contribution in [3.05, 3.63) is 71.6 Å². The zero-order valence-electron chi connectivity index (χ0n) is 14.1. The molecule has 0 fully saturated rings. The van der Waals surface area contributed by atoms with Crippen LogP contribution in [0.2, 0.25) is 0 Å². The van der Waals surface area contributed by atoms with Crippen LogP contribution < -0.4 is 10.6 Å². The number of pyridine rings is 1. The first-order valence-corrected chi connectivity index (χ1v) is 7.96. The number of aryl methyl sites for hydroxylation is 1. The maximum Gasteiger partial charge on any atom is 0.255 e. The summed E-state index contributed by atoms with van der Waals surface area (Å²) in [5.41, 5.74) is 2.41. The zero-order valence-corrected chi connectivity index (χ0v) is 14.1. The second kappa shape index (κ2) is 7.67. The minimum atomic E-state index is -0.159. The Bertz CT molecular complexity index is 830. The molecule has 2 heterocycles. The maximum atomic E-state index is 12.1. The van der Waals surface area contributed by atoms with Crippen LogP contribution in [-0.4, -0.2) is 21.0 Å². The number of carbonyl (C=O) groups excluding carboxylic acids is 1. The van der Waals surface area contributed by atoms with Crippen molar-refractivity contribution >= 4 is 11.6 Å². The van der Waals surface area contributed by atoms with Gasteiger partial charge in [-0.3, -0.25) is 9.78 Å². The lowest BCUT2D eigenvalue weighted by Gasteiger charge is -2.13. The number of amides is 1. The van der Waals surface area contributed by atoms with Gasteiger partial charge in [0.15, 0.2) is 5.82 Å². The minimum absolute atomic E-state index is 0.108. The van der Waals surface area contributed by atoms with E-state index in [1.165, 1.54) is 0 Å². The fraction of sp³-hybridized carbons (Fsp3) is 0.222. The molecular formula is C18H19N5O2. The average Bonchev–Trinajstić information content (AvgIpc) is 3.06. The van der Waals surface area contributed by atoms with Gasteiger partial charge >= 0.3 is 0 Å². The molecule has 0 aliphatic heterocycles. The van der Waals surface area contributed by atoms with Gasteiger partial charge in [-0.25, -0.2) is 0 Å². The lowest BCUT2D eigenvalue weighted by atomic mass is 10.1. The summed E-state index contributed by atoms with van der Waals surface area (Å²) >= 11 is 0. The molecule has 128 valence electrons. The van der Waals surface area contributed by atoms with Gasteiger partial charge in [-0.2, -0.15) is 4.98 Å². The molecule has 0 unspecified atom stereocenters. The summed E-state index contributed by atoms with van der Waals surface area (Å²) in [6.45, 7) is 4.34. The molecular weight excluding hydrogens is 318 g/mol. The van der Waals surface area contributed by atoms with Crippen molar-refractivity contribution in [2.45, 2.75) is 26.4 Å². The predicted molar refractivity (Wildman–Crippen MR) is 92.9 cm³/mol. The van der Waals surface area contributed by atoms with E-state index in [1.807, 2.05) is 31.2 Å². The van der Waals surface area contributed by atoms with Gasteiger partial charge in [0.1, 0.15) is 0 Å². The molecule has 0 bridgehead atoms. The van der Waals surface area contributed by atoms with Gasteiger partial charge in [-0.15, -0.1) is 0 Å². The molecule has 2 N–H and O–H groups in total. The van der Waals surface area contributed by atoms with E-state index in [-0.39, 0.29) is 11.9 Å². The molecule has 0 aliphatic carbocycles.